The standard InChI is InChI=1S/C11H18ClNS/c1-3-11(2,9-12)13-6-4-10-5-7-14-8-10/h5,7-8,13H,3-4,6,9H2,1-2H3. The van der Waals surface area contributed by atoms with E-state index in [2.05, 4.69) is 36.0 Å². The zero-order valence-electron chi connectivity index (χ0n) is 8.85. The lowest BCUT2D eigenvalue weighted by atomic mass is 10.0. The van der Waals surface area contributed by atoms with Crippen molar-refractivity contribution in [3.8, 4) is 0 Å². The third kappa shape index (κ3) is 3.60. The van der Waals surface area contributed by atoms with E-state index in [1.165, 1.54) is 5.56 Å². The summed E-state index contributed by atoms with van der Waals surface area (Å²) >= 11 is 7.66. The molecule has 0 aromatic carbocycles. The lowest BCUT2D eigenvalue weighted by molar-refractivity contribution is 0.385. The SMILES string of the molecule is CCC(C)(CCl)NCCc1ccsc1. The van der Waals surface area contributed by atoms with Crippen LogP contribution in [0.3, 0.4) is 0 Å². The summed E-state index contributed by atoms with van der Waals surface area (Å²) in [6, 6.07) is 2.18. The van der Waals surface area contributed by atoms with Gasteiger partial charge in [-0.25, -0.2) is 0 Å². The zero-order chi connectivity index (χ0) is 10.4. The molecule has 3 heteroatoms. The Hall–Kier alpha value is -0.0500. The van der Waals surface area contributed by atoms with Gasteiger partial charge in [-0.3, -0.25) is 0 Å². The molecule has 0 fully saturated rings. The van der Waals surface area contributed by atoms with Crippen LogP contribution in [-0.2, 0) is 6.42 Å². The molecule has 0 radical (unpaired) electrons. The summed E-state index contributed by atoms with van der Waals surface area (Å²) in [7, 11) is 0. The average Bonchev–Trinajstić information content (AvgIpc) is 2.70. The maximum atomic E-state index is 5.91. The Morgan fingerprint density at radius 2 is 2.36 bits per heavy atom. The Labute approximate surface area is 95.5 Å². The average molecular weight is 232 g/mol. The molecule has 1 aromatic heterocycles. The maximum Gasteiger partial charge on any atom is 0.0403 e. The zero-order valence-corrected chi connectivity index (χ0v) is 10.4. The number of alkyl halides is 1. The third-order valence-electron chi connectivity index (χ3n) is 2.62. The molecule has 0 aliphatic rings. The summed E-state index contributed by atoms with van der Waals surface area (Å²) in [6.07, 6.45) is 2.16. The number of halogens is 1. The molecule has 0 aliphatic heterocycles. The van der Waals surface area contributed by atoms with Crippen LogP contribution in [-0.4, -0.2) is 18.0 Å². The molecule has 0 spiro atoms. The van der Waals surface area contributed by atoms with Crippen molar-refractivity contribution in [2.75, 3.05) is 12.4 Å². The van der Waals surface area contributed by atoms with Gasteiger partial charge in [0.2, 0.25) is 0 Å². The van der Waals surface area contributed by atoms with Gasteiger partial charge in [-0.05, 0) is 48.7 Å². The summed E-state index contributed by atoms with van der Waals surface area (Å²) < 4.78 is 0. The van der Waals surface area contributed by atoms with Crippen molar-refractivity contribution in [2.45, 2.75) is 32.2 Å². The molecule has 0 aliphatic carbocycles. The van der Waals surface area contributed by atoms with Gasteiger partial charge < -0.3 is 5.32 Å². The highest BCUT2D eigenvalue weighted by molar-refractivity contribution is 7.07. The van der Waals surface area contributed by atoms with E-state index >= 15 is 0 Å². The van der Waals surface area contributed by atoms with Crippen molar-refractivity contribution >= 4 is 22.9 Å². The second-order valence-electron chi connectivity index (χ2n) is 3.86. The van der Waals surface area contributed by atoms with Crippen molar-refractivity contribution in [3.05, 3.63) is 22.4 Å². The lowest BCUT2D eigenvalue weighted by Gasteiger charge is -2.27. The van der Waals surface area contributed by atoms with Gasteiger partial charge in [0, 0.05) is 11.4 Å². The summed E-state index contributed by atoms with van der Waals surface area (Å²) in [5.74, 6) is 0.674. The molecule has 1 aromatic rings. The van der Waals surface area contributed by atoms with Gasteiger partial charge in [0.15, 0.2) is 0 Å². The minimum absolute atomic E-state index is 0.0948. The molecule has 1 N–H and O–H groups in total. The molecule has 1 atom stereocenters. The van der Waals surface area contributed by atoms with Gasteiger partial charge >= 0.3 is 0 Å². The number of rotatable bonds is 6. The molecule has 0 saturated heterocycles. The van der Waals surface area contributed by atoms with Gasteiger partial charge in [0.1, 0.15) is 0 Å². The van der Waals surface area contributed by atoms with Crippen LogP contribution in [0.2, 0.25) is 0 Å². The summed E-state index contributed by atoms with van der Waals surface area (Å²) in [5, 5.41) is 7.83. The van der Waals surface area contributed by atoms with Crippen molar-refractivity contribution in [2.24, 2.45) is 0 Å². The molecule has 1 nitrogen and oxygen atoms in total. The quantitative estimate of drug-likeness (QED) is 0.741. The molecule has 80 valence electrons. The predicted molar refractivity (Wildman–Crippen MR) is 65.4 cm³/mol. The first-order valence-corrected chi connectivity index (χ1v) is 6.50. The normalized spacial score (nSPS) is 15.4. The van der Waals surface area contributed by atoms with E-state index in [0.29, 0.717) is 5.88 Å². The van der Waals surface area contributed by atoms with Crippen LogP contribution in [0.4, 0.5) is 0 Å². The highest BCUT2D eigenvalue weighted by atomic mass is 35.5. The van der Waals surface area contributed by atoms with E-state index in [1.54, 1.807) is 11.3 Å². The van der Waals surface area contributed by atoms with Crippen molar-refractivity contribution in [3.63, 3.8) is 0 Å². The van der Waals surface area contributed by atoms with Crippen molar-refractivity contribution in [1.29, 1.82) is 0 Å². The topological polar surface area (TPSA) is 12.0 Å². The van der Waals surface area contributed by atoms with Crippen LogP contribution >= 0.6 is 22.9 Å². The minimum atomic E-state index is 0.0948. The van der Waals surface area contributed by atoms with E-state index in [0.717, 1.165) is 19.4 Å². The third-order valence-corrected chi connectivity index (χ3v) is 3.94. The Bertz CT molecular complexity index is 242. The molecule has 14 heavy (non-hydrogen) atoms. The van der Waals surface area contributed by atoms with Crippen LogP contribution in [0.5, 0.6) is 0 Å². The van der Waals surface area contributed by atoms with Gasteiger partial charge in [0.05, 0.1) is 0 Å². The maximum absolute atomic E-state index is 5.91. The van der Waals surface area contributed by atoms with E-state index in [9.17, 15) is 0 Å². The second-order valence-corrected chi connectivity index (χ2v) is 4.90. The molecule has 0 saturated carbocycles. The van der Waals surface area contributed by atoms with Crippen LogP contribution < -0.4 is 5.32 Å². The Balaban J connectivity index is 2.27. The van der Waals surface area contributed by atoms with Gasteiger partial charge in [0.25, 0.3) is 0 Å². The fourth-order valence-electron chi connectivity index (χ4n) is 1.21. The van der Waals surface area contributed by atoms with Crippen LogP contribution in [0, 0.1) is 0 Å². The van der Waals surface area contributed by atoms with Crippen LogP contribution in [0.15, 0.2) is 16.8 Å². The first kappa shape index (κ1) is 12.0. The van der Waals surface area contributed by atoms with E-state index in [-0.39, 0.29) is 5.54 Å². The van der Waals surface area contributed by atoms with Crippen LogP contribution in [0.25, 0.3) is 0 Å². The summed E-state index contributed by atoms with van der Waals surface area (Å²) in [5.41, 5.74) is 1.51. The number of thiophene rings is 1. The molecule has 1 heterocycles. The Morgan fingerprint density at radius 3 is 2.86 bits per heavy atom. The number of nitrogens with one attached hydrogen (secondary N) is 1. The Kier molecular flexibility index (Phi) is 4.93. The van der Waals surface area contributed by atoms with Gasteiger partial charge in [-0.2, -0.15) is 11.3 Å². The predicted octanol–water partition coefficient (Wildman–Crippen LogP) is 3.29. The second kappa shape index (κ2) is 5.74. The molecule has 1 unspecified atom stereocenters. The van der Waals surface area contributed by atoms with Gasteiger partial charge in [-0.1, -0.05) is 6.92 Å². The summed E-state index contributed by atoms with van der Waals surface area (Å²) in [6.45, 7) is 5.35. The monoisotopic (exact) mass is 231 g/mol. The molecular formula is C11H18ClNS. The van der Waals surface area contributed by atoms with Crippen molar-refractivity contribution < 1.29 is 0 Å². The van der Waals surface area contributed by atoms with Crippen molar-refractivity contribution in [1.82, 2.24) is 5.32 Å². The number of hydrogen-bond acceptors (Lipinski definition) is 2. The first-order chi connectivity index (χ1) is 6.70. The Morgan fingerprint density at radius 1 is 1.57 bits per heavy atom. The fourth-order valence-corrected chi connectivity index (χ4v) is 2.20. The summed E-state index contributed by atoms with van der Waals surface area (Å²) in [4.78, 5) is 0. The van der Waals surface area contributed by atoms with E-state index in [4.69, 9.17) is 11.6 Å². The van der Waals surface area contributed by atoms with E-state index < -0.39 is 0 Å². The first-order valence-electron chi connectivity index (χ1n) is 5.02. The lowest BCUT2D eigenvalue weighted by Crippen LogP contribution is -2.44. The highest BCUT2D eigenvalue weighted by Crippen LogP contribution is 2.12. The smallest absolute Gasteiger partial charge is 0.0403 e. The number of hydrogen-bond donors (Lipinski definition) is 1. The minimum Gasteiger partial charge on any atom is -0.310 e. The van der Waals surface area contributed by atoms with Gasteiger partial charge in [-0.15, -0.1) is 11.6 Å². The fraction of sp³-hybridized carbons (Fsp3) is 0.636. The van der Waals surface area contributed by atoms with E-state index in [1.807, 2.05) is 0 Å². The molecule has 0 amide bonds. The largest absolute Gasteiger partial charge is 0.310 e. The highest BCUT2D eigenvalue weighted by Gasteiger charge is 2.18. The van der Waals surface area contributed by atoms with Crippen LogP contribution in [0.1, 0.15) is 25.8 Å². The molecular weight excluding hydrogens is 214 g/mol. The molecule has 1 rings (SSSR count). The molecule has 0 bridgehead atoms.